The molecule has 0 radical (unpaired) electrons. The van der Waals surface area contributed by atoms with Crippen molar-refractivity contribution < 1.29 is 14.4 Å². The van der Waals surface area contributed by atoms with E-state index in [9.17, 15) is 14.4 Å². The number of likely N-dealkylation sites (tertiary alicyclic amines) is 2. The maximum atomic E-state index is 13.3. The number of nitrogens with zero attached hydrogens (tertiary/aromatic N) is 2. The molecule has 1 N–H and O–H groups in total. The Labute approximate surface area is 155 Å². The van der Waals surface area contributed by atoms with E-state index in [1.807, 2.05) is 11.8 Å². The summed E-state index contributed by atoms with van der Waals surface area (Å²) in [5, 5.41) is 3.27. The van der Waals surface area contributed by atoms with Gasteiger partial charge in [0.15, 0.2) is 0 Å². The molecule has 0 aromatic heterocycles. The first-order valence-corrected chi connectivity index (χ1v) is 10.0. The SMILES string of the molecule is C[C@@H]1C(=O)N(C(=O)C2C(C)(C)C2(C)C)[C@H]2CCN(C(=O)[C@@H]3CCCN3)[C@H]12. The average molecular weight is 361 g/mol. The third kappa shape index (κ3) is 2.17. The van der Waals surface area contributed by atoms with E-state index >= 15 is 0 Å². The van der Waals surface area contributed by atoms with Gasteiger partial charge in [0.05, 0.1) is 24.0 Å². The Morgan fingerprint density at radius 3 is 2.27 bits per heavy atom. The summed E-state index contributed by atoms with van der Waals surface area (Å²) in [5.41, 5.74) is -0.179. The second kappa shape index (κ2) is 5.54. The second-order valence-corrected chi connectivity index (χ2v) is 9.74. The van der Waals surface area contributed by atoms with E-state index in [2.05, 4.69) is 33.0 Å². The molecule has 26 heavy (non-hydrogen) atoms. The van der Waals surface area contributed by atoms with Gasteiger partial charge in [0.1, 0.15) is 0 Å². The molecule has 3 aliphatic heterocycles. The lowest BCUT2D eigenvalue weighted by molar-refractivity contribution is -0.146. The van der Waals surface area contributed by atoms with E-state index in [1.54, 1.807) is 0 Å². The number of rotatable bonds is 2. The minimum Gasteiger partial charge on any atom is -0.335 e. The molecule has 0 spiro atoms. The zero-order chi connectivity index (χ0) is 19.0. The Morgan fingerprint density at radius 2 is 1.73 bits per heavy atom. The highest BCUT2D eigenvalue weighted by molar-refractivity contribution is 6.02. The lowest BCUT2D eigenvalue weighted by Crippen LogP contribution is -2.49. The molecule has 4 rings (SSSR count). The molecule has 144 valence electrons. The lowest BCUT2D eigenvalue weighted by atomic mass is 10.0. The van der Waals surface area contributed by atoms with Gasteiger partial charge in [-0.3, -0.25) is 19.3 Å². The van der Waals surface area contributed by atoms with Crippen LogP contribution in [0.4, 0.5) is 0 Å². The molecular formula is C20H31N3O3. The molecule has 0 bridgehead atoms. The van der Waals surface area contributed by atoms with Crippen molar-refractivity contribution in [1.29, 1.82) is 0 Å². The quantitative estimate of drug-likeness (QED) is 0.755. The van der Waals surface area contributed by atoms with Crippen LogP contribution in [0.1, 0.15) is 53.9 Å². The maximum Gasteiger partial charge on any atom is 0.240 e. The monoisotopic (exact) mass is 361 g/mol. The minimum absolute atomic E-state index is 0.0300. The van der Waals surface area contributed by atoms with Crippen LogP contribution in [0.25, 0.3) is 0 Å². The summed E-state index contributed by atoms with van der Waals surface area (Å²) >= 11 is 0. The van der Waals surface area contributed by atoms with Crippen LogP contribution in [-0.4, -0.2) is 58.7 Å². The highest BCUT2D eigenvalue weighted by atomic mass is 16.2. The van der Waals surface area contributed by atoms with E-state index in [4.69, 9.17) is 0 Å². The van der Waals surface area contributed by atoms with Crippen LogP contribution in [-0.2, 0) is 14.4 Å². The number of nitrogens with one attached hydrogen (secondary N) is 1. The fourth-order valence-corrected chi connectivity index (χ4v) is 5.79. The van der Waals surface area contributed by atoms with Crippen LogP contribution in [0.2, 0.25) is 0 Å². The van der Waals surface area contributed by atoms with Crippen molar-refractivity contribution in [3.8, 4) is 0 Å². The molecule has 0 aromatic carbocycles. The molecule has 4 atom stereocenters. The van der Waals surface area contributed by atoms with Gasteiger partial charge in [0.25, 0.3) is 0 Å². The summed E-state index contributed by atoms with van der Waals surface area (Å²) in [6.45, 7) is 11.8. The van der Waals surface area contributed by atoms with Crippen LogP contribution in [0.3, 0.4) is 0 Å². The predicted molar refractivity (Wildman–Crippen MR) is 97.0 cm³/mol. The molecule has 0 aromatic rings. The van der Waals surface area contributed by atoms with Crippen LogP contribution in [0.15, 0.2) is 0 Å². The van der Waals surface area contributed by atoms with Gasteiger partial charge in [-0.25, -0.2) is 0 Å². The van der Waals surface area contributed by atoms with Gasteiger partial charge < -0.3 is 10.2 Å². The Kier molecular flexibility index (Phi) is 3.82. The Balaban J connectivity index is 1.56. The Hall–Kier alpha value is -1.43. The summed E-state index contributed by atoms with van der Waals surface area (Å²) in [6.07, 6.45) is 2.59. The van der Waals surface area contributed by atoms with Crippen LogP contribution < -0.4 is 5.32 Å². The van der Waals surface area contributed by atoms with Gasteiger partial charge in [0.2, 0.25) is 17.7 Å². The topological polar surface area (TPSA) is 69.7 Å². The van der Waals surface area contributed by atoms with Crippen LogP contribution in [0.5, 0.6) is 0 Å². The summed E-state index contributed by atoms with van der Waals surface area (Å²) in [6, 6.07) is -0.434. The number of hydrogen-bond donors (Lipinski definition) is 1. The van der Waals surface area contributed by atoms with Gasteiger partial charge in [-0.05, 0) is 36.6 Å². The van der Waals surface area contributed by atoms with Crippen molar-refractivity contribution in [3.05, 3.63) is 0 Å². The van der Waals surface area contributed by atoms with Crippen molar-refractivity contribution in [2.75, 3.05) is 13.1 Å². The smallest absolute Gasteiger partial charge is 0.240 e. The second-order valence-electron chi connectivity index (χ2n) is 9.74. The summed E-state index contributed by atoms with van der Waals surface area (Å²) in [5.74, 6) is -0.443. The molecule has 3 amide bonds. The summed E-state index contributed by atoms with van der Waals surface area (Å²) in [4.78, 5) is 42.6. The van der Waals surface area contributed by atoms with Crippen molar-refractivity contribution in [1.82, 2.24) is 15.1 Å². The molecule has 1 saturated carbocycles. The molecule has 1 aliphatic carbocycles. The minimum atomic E-state index is -0.304. The van der Waals surface area contributed by atoms with Crippen molar-refractivity contribution >= 4 is 17.7 Å². The van der Waals surface area contributed by atoms with Gasteiger partial charge in [-0.2, -0.15) is 0 Å². The van der Waals surface area contributed by atoms with Crippen molar-refractivity contribution in [2.24, 2.45) is 22.7 Å². The van der Waals surface area contributed by atoms with Gasteiger partial charge in [-0.1, -0.05) is 34.6 Å². The molecule has 3 saturated heterocycles. The highest BCUT2D eigenvalue weighted by Crippen LogP contribution is 2.69. The molecule has 3 heterocycles. The van der Waals surface area contributed by atoms with Crippen LogP contribution in [0, 0.1) is 22.7 Å². The van der Waals surface area contributed by atoms with E-state index in [1.165, 1.54) is 4.90 Å². The normalized spacial score (nSPS) is 38.0. The number of carbonyl (C=O) groups is 3. The number of imide groups is 1. The molecular weight excluding hydrogens is 330 g/mol. The van der Waals surface area contributed by atoms with Crippen molar-refractivity contribution in [3.63, 3.8) is 0 Å². The van der Waals surface area contributed by atoms with E-state index in [0.29, 0.717) is 13.0 Å². The zero-order valence-electron chi connectivity index (χ0n) is 16.5. The number of carbonyl (C=O) groups excluding carboxylic acids is 3. The molecule has 4 fully saturated rings. The molecule has 0 unspecified atom stereocenters. The maximum absolute atomic E-state index is 13.3. The summed E-state index contributed by atoms with van der Waals surface area (Å²) in [7, 11) is 0. The number of amides is 3. The molecule has 6 heteroatoms. The predicted octanol–water partition coefficient (Wildman–Crippen LogP) is 1.40. The van der Waals surface area contributed by atoms with Crippen LogP contribution >= 0.6 is 0 Å². The number of fused-ring (bicyclic) bond motifs is 1. The van der Waals surface area contributed by atoms with E-state index < -0.39 is 0 Å². The fourth-order valence-electron chi connectivity index (χ4n) is 5.79. The van der Waals surface area contributed by atoms with E-state index in [-0.39, 0.29) is 58.5 Å². The van der Waals surface area contributed by atoms with Gasteiger partial charge in [-0.15, -0.1) is 0 Å². The lowest BCUT2D eigenvalue weighted by Gasteiger charge is -2.28. The average Bonchev–Trinajstić information content (AvgIpc) is 3.12. The first-order valence-electron chi connectivity index (χ1n) is 10.0. The fraction of sp³-hybridized carbons (Fsp3) is 0.850. The van der Waals surface area contributed by atoms with Gasteiger partial charge in [0, 0.05) is 12.5 Å². The Bertz CT molecular complexity index is 651. The van der Waals surface area contributed by atoms with Gasteiger partial charge >= 0.3 is 0 Å². The first kappa shape index (κ1) is 18.0. The third-order valence-electron chi connectivity index (χ3n) is 8.04. The van der Waals surface area contributed by atoms with Crippen molar-refractivity contribution in [2.45, 2.75) is 72.0 Å². The zero-order valence-corrected chi connectivity index (χ0v) is 16.5. The molecule has 4 aliphatic rings. The largest absolute Gasteiger partial charge is 0.335 e. The number of hydrogen-bond acceptors (Lipinski definition) is 4. The summed E-state index contributed by atoms with van der Waals surface area (Å²) < 4.78 is 0. The highest BCUT2D eigenvalue weighted by Gasteiger charge is 2.71. The third-order valence-corrected chi connectivity index (χ3v) is 8.04. The standard InChI is InChI=1S/C20H31N3O3/c1-11-14-13(8-10-22(14)17(25)12-7-6-9-21-12)23(16(11)24)18(26)15-19(2,3)20(15,4)5/h11-15,21H,6-10H2,1-5H3/t11-,12-,13-,14+/m0/s1. The Morgan fingerprint density at radius 1 is 1.08 bits per heavy atom. The molecule has 6 nitrogen and oxygen atoms in total. The first-order chi connectivity index (χ1) is 12.1. The van der Waals surface area contributed by atoms with E-state index in [0.717, 1.165) is 19.4 Å².